The molecule has 0 aliphatic carbocycles. The fourth-order valence-electron chi connectivity index (χ4n) is 3.00. The van der Waals surface area contributed by atoms with Crippen LogP contribution in [-0.2, 0) is 16.0 Å². The number of ether oxygens (including phenoxy) is 1. The highest BCUT2D eigenvalue weighted by Crippen LogP contribution is 2.24. The lowest BCUT2D eigenvalue weighted by Crippen LogP contribution is -2.46. The third-order valence-electron chi connectivity index (χ3n) is 4.55. The molecule has 29 heavy (non-hydrogen) atoms. The van der Waals surface area contributed by atoms with E-state index in [0.29, 0.717) is 5.75 Å². The summed E-state index contributed by atoms with van der Waals surface area (Å²) in [6.07, 6.45) is 0.941. The quantitative estimate of drug-likeness (QED) is 0.608. The van der Waals surface area contributed by atoms with Gasteiger partial charge in [0.05, 0.1) is 5.92 Å². The summed E-state index contributed by atoms with van der Waals surface area (Å²) in [5.74, 6) is -0.670. The lowest BCUT2D eigenvalue weighted by molar-refractivity contribution is -0.130. The molecule has 0 heterocycles. The molecule has 0 saturated carbocycles. The molecule has 0 spiro atoms. The van der Waals surface area contributed by atoms with E-state index < -0.39 is 11.8 Å². The Balaban J connectivity index is 1.58. The van der Waals surface area contributed by atoms with Crippen LogP contribution in [-0.4, -0.2) is 18.4 Å². The van der Waals surface area contributed by atoms with Gasteiger partial charge < -0.3 is 4.74 Å². The van der Waals surface area contributed by atoms with Crippen LogP contribution in [0, 0.1) is 0 Å². The van der Waals surface area contributed by atoms with Gasteiger partial charge in [0.2, 0.25) is 5.91 Å². The maximum Gasteiger partial charge on any atom is 0.276 e. The smallest absolute Gasteiger partial charge is 0.276 e. The lowest BCUT2D eigenvalue weighted by Gasteiger charge is -2.18. The molecule has 0 radical (unpaired) electrons. The van der Waals surface area contributed by atoms with Gasteiger partial charge in [0.15, 0.2) is 6.61 Å². The standard InChI is InChI=1S/C24H24N2O3/c1-2-18-13-15-21(16-14-18)29-17-22(27)25-26-24(28)23(19-9-5-3-6-10-19)20-11-7-4-8-12-20/h3-16,23H,2,17H2,1H3,(H,25,27)(H,26,28). The third-order valence-corrected chi connectivity index (χ3v) is 4.55. The van der Waals surface area contributed by atoms with Gasteiger partial charge in [-0.2, -0.15) is 0 Å². The number of hydrazine groups is 1. The van der Waals surface area contributed by atoms with Crippen molar-refractivity contribution in [3.05, 3.63) is 102 Å². The summed E-state index contributed by atoms with van der Waals surface area (Å²) in [7, 11) is 0. The van der Waals surface area contributed by atoms with Crippen molar-refractivity contribution >= 4 is 11.8 Å². The van der Waals surface area contributed by atoms with Gasteiger partial charge in [0, 0.05) is 0 Å². The molecular weight excluding hydrogens is 364 g/mol. The first-order chi connectivity index (χ1) is 14.2. The van der Waals surface area contributed by atoms with Gasteiger partial charge in [-0.15, -0.1) is 0 Å². The molecule has 0 saturated heterocycles. The Hall–Kier alpha value is -3.60. The number of rotatable bonds is 7. The molecule has 0 atom stereocenters. The van der Waals surface area contributed by atoms with E-state index >= 15 is 0 Å². The van der Waals surface area contributed by atoms with Crippen LogP contribution in [0.25, 0.3) is 0 Å². The van der Waals surface area contributed by atoms with E-state index in [1.165, 1.54) is 5.56 Å². The minimum atomic E-state index is -0.528. The molecule has 0 aromatic heterocycles. The maximum absolute atomic E-state index is 12.8. The van der Waals surface area contributed by atoms with Gasteiger partial charge in [0.1, 0.15) is 5.75 Å². The third kappa shape index (κ3) is 5.69. The molecule has 2 amide bonds. The number of nitrogens with one attached hydrogen (secondary N) is 2. The number of hydrogen-bond donors (Lipinski definition) is 2. The normalized spacial score (nSPS) is 10.4. The topological polar surface area (TPSA) is 67.4 Å². The molecule has 148 valence electrons. The Labute approximate surface area is 170 Å². The number of carbonyl (C=O) groups excluding carboxylic acids is 2. The van der Waals surface area contributed by atoms with Crippen molar-refractivity contribution in [2.75, 3.05) is 6.61 Å². The predicted octanol–water partition coefficient (Wildman–Crippen LogP) is 3.61. The Morgan fingerprint density at radius 1 is 0.793 bits per heavy atom. The maximum atomic E-state index is 12.8. The zero-order chi connectivity index (χ0) is 20.5. The summed E-state index contributed by atoms with van der Waals surface area (Å²) in [4.78, 5) is 24.9. The summed E-state index contributed by atoms with van der Waals surface area (Å²) in [5.41, 5.74) is 7.83. The average molecular weight is 388 g/mol. The number of aryl methyl sites for hydroxylation is 1. The molecule has 0 aliphatic rings. The molecule has 3 aromatic rings. The van der Waals surface area contributed by atoms with Crippen molar-refractivity contribution in [1.29, 1.82) is 0 Å². The van der Waals surface area contributed by atoms with E-state index in [-0.39, 0.29) is 12.5 Å². The van der Waals surface area contributed by atoms with Crippen molar-refractivity contribution in [1.82, 2.24) is 10.9 Å². The second-order valence-corrected chi connectivity index (χ2v) is 6.58. The molecular formula is C24H24N2O3. The van der Waals surface area contributed by atoms with Crippen LogP contribution in [0.4, 0.5) is 0 Å². The minimum Gasteiger partial charge on any atom is -0.484 e. The zero-order valence-electron chi connectivity index (χ0n) is 16.3. The summed E-state index contributed by atoms with van der Waals surface area (Å²) in [6.45, 7) is 1.89. The molecule has 0 unspecified atom stereocenters. The second-order valence-electron chi connectivity index (χ2n) is 6.58. The zero-order valence-corrected chi connectivity index (χ0v) is 16.3. The van der Waals surface area contributed by atoms with E-state index in [9.17, 15) is 9.59 Å². The van der Waals surface area contributed by atoms with Gasteiger partial charge in [-0.05, 0) is 35.2 Å². The van der Waals surface area contributed by atoms with E-state index in [0.717, 1.165) is 17.5 Å². The van der Waals surface area contributed by atoms with Gasteiger partial charge in [-0.3, -0.25) is 20.4 Å². The Morgan fingerprint density at radius 3 is 1.86 bits per heavy atom. The van der Waals surface area contributed by atoms with Crippen LogP contribution in [0.15, 0.2) is 84.9 Å². The average Bonchev–Trinajstić information content (AvgIpc) is 2.78. The monoisotopic (exact) mass is 388 g/mol. The summed E-state index contributed by atoms with van der Waals surface area (Å²) in [5, 5.41) is 0. The highest BCUT2D eigenvalue weighted by Gasteiger charge is 2.22. The van der Waals surface area contributed by atoms with Crippen molar-refractivity contribution in [2.24, 2.45) is 0 Å². The van der Waals surface area contributed by atoms with Crippen molar-refractivity contribution < 1.29 is 14.3 Å². The highest BCUT2D eigenvalue weighted by molar-refractivity contribution is 5.89. The SMILES string of the molecule is CCc1ccc(OCC(=O)NNC(=O)C(c2ccccc2)c2ccccc2)cc1. The second kappa shape index (κ2) is 10.1. The van der Waals surface area contributed by atoms with E-state index in [1.54, 1.807) is 0 Å². The first-order valence-electron chi connectivity index (χ1n) is 9.57. The van der Waals surface area contributed by atoms with Gasteiger partial charge in [-0.25, -0.2) is 0 Å². The number of amides is 2. The molecule has 0 fully saturated rings. The number of hydrogen-bond acceptors (Lipinski definition) is 3. The molecule has 0 bridgehead atoms. The summed E-state index contributed by atoms with van der Waals surface area (Å²) < 4.78 is 5.47. The fourth-order valence-corrected chi connectivity index (χ4v) is 3.00. The highest BCUT2D eigenvalue weighted by atomic mass is 16.5. The van der Waals surface area contributed by atoms with E-state index in [4.69, 9.17) is 4.74 Å². The lowest BCUT2D eigenvalue weighted by atomic mass is 9.91. The molecule has 5 nitrogen and oxygen atoms in total. The fraction of sp³-hybridized carbons (Fsp3) is 0.167. The van der Waals surface area contributed by atoms with Crippen LogP contribution in [0.1, 0.15) is 29.5 Å². The minimum absolute atomic E-state index is 0.187. The summed E-state index contributed by atoms with van der Waals surface area (Å²) in [6, 6.07) is 26.5. The van der Waals surface area contributed by atoms with Gasteiger partial charge in [-0.1, -0.05) is 79.7 Å². The predicted molar refractivity (Wildman–Crippen MR) is 112 cm³/mol. The first-order valence-corrected chi connectivity index (χ1v) is 9.57. The van der Waals surface area contributed by atoms with Crippen molar-refractivity contribution in [3.8, 4) is 5.75 Å². The van der Waals surface area contributed by atoms with E-state index in [2.05, 4.69) is 17.8 Å². The Morgan fingerprint density at radius 2 is 1.34 bits per heavy atom. The van der Waals surface area contributed by atoms with E-state index in [1.807, 2.05) is 84.9 Å². The van der Waals surface area contributed by atoms with Crippen LogP contribution in [0.5, 0.6) is 5.75 Å². The molecule has 5 heteroatoms. The summed E-state index contributed by atoms with van der Waals surface area (Å²) >= 11 is 0. The van der Waals surface area contributed by atoms with Gasteiger partial charge >= 0.3 is 0 Å². The molecule has 3 aromatic carbocycles. The van der Waals surface area contributed by atoms with Crippen molar-refractivity contribution in [2.45, 2.75) is 19.3 Å². The Bertz CT molecular complexity index is 886. The van der Waals surface area contributed by atoms with Crippen LogP contribution >= 0.6 is 0 Å². The largest absolute Gasteiger partial charge is 0.484 e. The Kier molecular flexibility index (Phi) is 7.00. The van der Waals surface area contributed by atoms with Crippen molar-refractivity contribution in [3.63, 3.8) is 0 Å². The molecule has 0 aliphatic heterocycles. The van der Waals surface area contributed by atoms with Crippen LogP contribution in [0.2, 0.25) is 0 Å². The van der Waals surface area contributed by atoms with Gasteiger partial charge in [0.25, 0.3) is 5.91 Å². The molecule has 3 rings (SSSR count). The first kappa shape index (κ1) is 20.1. The molecule has 2 N–H and O–H groups in total. The van der Waals surface area contributed by atoms with Crippen LogP contribution in [0.3, 0.4) is 0 Å². The number of carbonyl (C=O) groups is 2. The number of benzene rings is 3. The van der Waals surface area contributed by atoms with Crippen LogP contribution < -0.4 is 15.6 Å².